The van der Waals surface area contributed by atoms with Crippen LogP contribution in [0.4, 0.5) is 4.79 Å². The van der Waals surface area contributed by atoms with E-state index in [2.05, 4.69) is 27.7 Å². The third-order valence-electron chi connectivity index (χ3n) is 3.34. The first-order chi connectivity index (χ1) is 10.8. The number of allylic oxidation sites excluding steroid dienone is 1. The molecule has 2 rings (SSSR count). The van der Waals surface area contributed by atoms with E-state index in [4.69, 9.17) is 4.74 Å². The van der Waals surface area contributed by atoms with Gasteiger partial charge in [-0.05, 0) is 33.8 Å². The first kappa shape index (κ1) is 16.8. The zero-order valence-corrected chi connectivity index (χ0v) is 14.1. The number of carbonyl (C=O) groups is 1. The SMILES string of the molecule is C=CCn1c(C)c(/C=N\NC(=O)OC(C)(C)C)c2ccccc21. The van der Waals surface area contributed by atoms with Crippen LogP contribution < -0.4 is 5.43 Å². The number of hydrogen-bond acceptors (Lipinski definition) is 3. The molecular formula is C18H23N3O2. The van der Waals surface area contributed by atoms with E-state index in [1.807, 2.05) is 52.0 Å². The quantitative estimate of drug-likeness (QED) is 0.527. The standard InChI is InChI=1S/C18H23N3O2/c1-6-11-21-13(2)15(14-9-7-8-10-16(14)21)12-19-20-17(22)23-18(3,4)5/h6-10,12H,1,11H2,2-5H3,(H,20,22)/b19-12-. The van der Waals surface area contributed by atoms with Crippen molar-refractivity contribution in [1.29, 1.82) is 0 Å². The van der Waals surface area contributed by atoms with Crippen molar-refractivity contribution < 1.29 is 9.53 Å². The Bertz CT molecular complexity index is 751. The summed E-state index contributed by atoms with van der Waals surface area (Å²) in [7, 11) is 0. The van der Waals surface area contributed by atoms with E-state index in [0.29, 0.717) is 0 Å². The van der Waals surface area contributed by atoms with Gasteiger partial charge in [0.1, 0.15) is 5.60 Å². The van der Waals surface area contributed by atoms with Crippen LogP contribution in [0.3, 0.4) is 0 Å². The van der Waals surface area contributed by atoms with Crippen LogP contribution >= 0.6 is 0 Å². The molecule has 122 valence electrons. The molecule has 0 spiro atoms. The number of carbonyl (C=O) groups excluding carboxylic acids is 1. The fourth-order valence-corrected chi connectivity index (χ4v) is 2.44. The summed E-state index contributed by atoms with van der Waals surface area (Å²) in [4.78, 5) is 11.6. The topological polar surface area (TPSA) is 55.6 Å². The molecule has 1 aromatic carbocycles. The minimum Gasteiger partial charge on any atom is -0.443 e. The average Bonchev–Trinajstić information content (AvgIpc) is 2.72. The molecule has 1 heterocycles. The van der Waals surface area contributed by atoms with Gasteiger partial charge < -0.3 is 9.30 Å². The Hall–Kier alpha value is -2.56. The smallest absolute Gasteiger partial charge is 0.428 e. The van der Waals surface area contributed by atoms with Crippen molar-refractivity contribution in [3.8, 4) is 0 Å². The van der Waals surface area contributed by atoms with Crippen molar-refractivity contribution in [1.82, 2.24) is 9.99 Å². The monoisotopic (exact) mass is 313 g/mol. The maximum absolute atomic E-state index is 11.6. The number of amides is 1. The molecule has 1 N–H and O–H groups in total. The second-order valence-corrected chi connectivity index (χ2v) is 6.29. The van der Waals surface area contributed by atoms with Crippen molar-refractivity contribution in [3.05, 3.63) is 48.2 Å². The van der Waals surface area contributed by atoms with Gasteiger partial charge in [-0.1, -0.05) is 24.3 Å². The van der Waals surface area contributed by atoms with Crippen molar-refractivity contribution in [2.75, 3.05) is 0 Å². The van der Waals surface area contributed by atoms with E-state index in [0.717, 1.165) is 28.7 Å². The molecule has 2 aromatic rings. The minimum atomic E-state index is -0.568. The molecule has 0 atom stereocenters. The Balaban J connectivity index is 2.26. The molecule has 0 aliphatic rings. The second-order valence-electron chi connectivity index (χ2n) is 6.29. The largest absolute Gasteiger partial charge is 0.443 e. The fourth-order valence-electron chi connectivity index (χ4n) is 2.44. The lowest BCUT2D eigenvalue weighted by Gasteiger charge is -2.18. The number of nitrogens with zero attached hydrogens (tertiary/aromatic N) is 2. The molecule has 0 aliphatic heterocycles. The lowest BCUT2D eigenvalue weighted by atomic mass is 10.1. The Morgan fingerprint density at radius 2 is 2.09 bits per heavy atom. The predicted octanol–water partition coefficient (Wildman–Crippen LogP) is 3.99. The lowest BCUT2D eigenvalue weighted by molar-refractivity contribution is 0.0529. The minimum absolute atomic E-state index is 0.546. The summed E-state index contributed by atoms with van der Waals surface area (Å²) < 4.78 is 7.32. The van der Waals surface area contributed by atoms with Crippen LogP contribution in [-0.2, 0) is 11.3 Å². The first-order valence-electron chi connectivity index (χ1n) is 7.54. The van der Waals surface area contributed by atoms with Gasteiger partial charge in [0, 0.05) is 28.7 Å². The number of nitrogens with one attached hydrogen (secondary N) is 1. The molecule has 5 nitrogen and oxygen atoms in total. The molecule has 1 aromatic heterocycles. The van der Waals surface area contributed by atoms with Gasteiger partial charge >= 0.3 is 6.09 Å². The molecule has 0 unspecified atom stereocenters. The third kappa shape index (κ3) is 4.00. The highest BCUT2D eigenvalue weighted by Gasteiger charge is 2.15. The maximum atomic E-state index is 11.6. The van der Waals surface area contributed by atoms with Crippen LogP contribution in [0, 0.1) is 6.92 Å². The summed E-state index contributed by atoms with van der Waals surface area (Å²) in [6.07, 6.45) is 2.95. The van der Waals surface area contributed by atoms with Crippen molar-refractivity contribution in [2.24, 2.45) is 5.10 Å². The fraction of sp³-hybridized carbons (Fsp3) is 0.333. The summed E-state index contributed by atoms with van der Waals surface area (Å²) in [5, 5.41) is 5.11. The maximum Gasteiger partial charge on any atom is 0.428 e. The number of fused-ring (bicyclic) bond motifs is 1. The van der Waals surface area contributed by atoms with E-state index in [-0.39, 0.29) is 0 Å². The summed E-state index contributed by atoms with van der Waals surface area (Å²) in [6.45, 7) is 12.0. The molecule has 0 radical (unpaired) electrons. The Morgan fingerprint density at radius 3 is 2.74 bits per heavy atom. The number of rotatable bonds is 4. The van der Waals surface area contributed by atoms with Gasteiger partial charge in [-0.2, -0.15) is 5.10 Å². The predicted molar refractivity (Wildman–Crippen MR) is 93.8 cm³/mol. The van der Waals surface area contributed by atoms with Crippen molar-refractivity contribution >= 4 is 23.2 Å². The third-order valence-corrected chi connectivity index (χ3v) is 3.34. The highest BCUT2D eigenvalue weighted by molar-refractivity contribution is 6.01. The van der Waals surface area contributed by atoms with Crippen LogP contribution in [-0.4, -0.2) is 22.5 Å². The van der Waals surface area contributed by atoms with Gasteiger partial charge in [-0.15, -0.1) is 6.58 Å². The van der Waals surface area contributed by atoms with Gasteiger partial charge in [0.2, 0.25) is 0 Å². The number of hydrogen-bond donors (Lipinski definition) is 1. The van der Waals surface area contributed by atoms with Crippen molar-refractivity contribution in [2.45, 2.75) is 39.8 Å². The molecule has 5 heteroatoms. The van der Waals surface area contributed by atoms with Gasteiger partial charge in [0.15, 0.2) is 0 Å². The van der Waals surface area contributed by atoms with Crippen LogP contribution in [0.5, 0.6) is 0 Å². The highest BCUT2D eigenvalue weighted by atomic mass is 16.6. The Labute approximate surface area is 136 Å². The summed E-state index contributed by atoms with van der Waals surface area (Å²) in [5.41, 5.74) is 5.01. The van der Waals surface area contributed by atoms with Crippen molar-refractivity contribution in [3.63, 3.8) is 0 Å². The van der Waals surface area contributed by atoms with Crippen LogP contribution in [0.25, 0.3) is 10.9 Å². The summed E-state index contributed by atoms with van der Waals surface area (Å²) in [5.74, 6) is 0. The molecule has 1 amide bonds. The van der Waals surface area contributed by atoms with Gasteiger partial charge in [-0.25, -0.2) is 10.2 Å². The number of hydrazone groups is 1. The van der Waals surface area contributed by atoms with Gasteiger partial charge in [0.25, 0.3) is 0 Å². The Morgan fingerprint density at radius 1 is 1.39 bits per heavy atom. The van der Waals surface area contributed by atoms with Crippen LogP contribution in [0.1, 0.15) is 32.0 Å². The number of benzene rings is 1. The molecule has 0 fully saturated rings. The average molecular weight is 313 g/mol. The number of aromatic nitrogens is 1. The van der Waals surface area contributed by atoms with E-state index in [1.165, 1.54) is 0 Å². The van der Waals surface area contributed by atoms with E-state index < -0.39 is 11.7 Å². The normalized spacial score (nSPS) is 11.8. The van der Waals surface area contributed by atoms with Crippen LogP contribution in [0.15, 0.2) is 42.0 Å². The number of para-hydroxylation sites is 1. The molecule has 0 saturated carbocycles. The highest BCUT2D eigenvalue weighted by Crippen LogP contribution is 2.24. The Kier molecular flexibility index (Phi) is 4.89. The first-order valence-corrected chi connectivity index (χ1v) is 7.54. The zero-order valence-electron chi connectivity index (χ0n) is 14.1. The van der Waals surface area contributed by atoms with Gasteiger partial charge in [0.05, 0.1) is 6.21 Å². The molecule has 0 aliphatic carbocycles. The summed E-state index contributed by atoms with van der Waals surface area (Å²) in [6, 6.07) is 8.08. The molecular weight excluding hydrogens is 290 g/mol. The summed E-state index contributed by atoms with van der Waals surface area (Å²) >= 11 is 0. The van der Waals surface area contributed by atoms with E-state index in [9.17, 15) is 4.79 Å². The van der Waals surface area contributed by atoms with Crippen LogP contribution in [0.2, 0.25) is 0 Å². The molecule has 23 heavy (non-hydrogen) atoms. The number of ether oxygens (including phenoxy) is 1. The lowest BCUT2D eigenvalue weighted by Crippen LogP contribution is -2.29. The molecule has 0 bridgehead atoms. The van der Waals surface area contributed by atoms with Gasteiger partial charge in [-0.3, -0.25) is 0 Å². The second kappa shape index (κ2) is 6.69. The van der Waals surface area contributed by atoms with E-state index in [1.54, 1.807) is 6.21 Å². The van der Waals surface area contributed by atoms with E-state index >= 15 is 0 Å². The molecule has 0 saturated heterocycles. The zero-order chi connectivity index (χ0) is 17.0.